The number of methoxy groups -OCH3 is 2. The summed E-state index contributed by atoms with van der Waals surface area (Å²) in [5.41, 5.74) is -0.774. The summed E-state index contributed by atoms with van der Waals surface area (Å²) in [7, 11) is 2.91. The molecule has 4 rings (SSSR count). The van der Waals surface area contributed by atoms with Gasteiger partial charge in [0.05, 0.1) is 19.8 Å². The van der Waals surface area contributed by atoms with Crippen molar-refractivity contribution in [3.05, 3.63) is 41.6 Å². The second kappa shape index (κ2) is 8.85. The molecule has 0 radical (unpaired) electrons. The number of rotatable bonds is 6. The van der Waals surface area contributed by atoms with Gasteiger partial charge in [0, 0.05) is 37.2 Å². The van der Waals surface area contributed by atoms with Crippen molar-refractivity contribution < 1.29 is 32.9 Å². The van der Waals surface area contributed by atoms with Gasteiger partial charge in [-0.05, 0) is 25.0 Å². The Morgan fingerprint density at radius 2 is 1.94 bits per heavy atom. The number of nitrogens with zero attached hydrogens (tertiary/aromatic N) is 3. The van der Waals surface area contributed by atoms with E-state index in [0.29, 0.717) is 37.6 Å². The summed E-state index contributed by atoms with van der Waals surface area (Å²) in [6, 6.07) is 3.06. The summed E-state index contributed by atoms with van der Waals surface area (Å²) in [4.78, 5) is 22.8. The van der Waals surface area contributed by atoms with Gasteiger partial charge in [0.1, 0.15) is 11.4 Å². The monoisotopic (exact) mass is 449 g/mol. The van der Waals surface area contributed by atoms with Crippen LogP contribution in [0.4, 0.5) is 8.78 Å². The van der Waals surface area contributed by atoms with E-state index < -0.39 is 17.2 Å². The van der Waals surface area contributed by atoms with E-state index in [1.165, 1.54) is 20.4 Å². The topological polar surface area (TPSA) is 94.0 Å². The minimum atomic E-state index is -1.25. The van der Waals surface area contributed by atoms with Crippen LogP contribution in [0.5, 0.6) is 17.6 Å². The van der Waals surface area contributed by atoms with E-state index in [0.717, 1.165) is 18.6 Å². The zero-order chi connectivity index (χ0) is 22.9. The Hall–Kier alpha value is -3.01. The van der Waals surface area contributed by atoms with Crippen molar-refractivity contribution in [2.24, 2.45) is 11.8 Å². The maximum atomic E-state index is 13.8. The first-order valence-electron chi connectivity index (χ1n) is 10.4. The number of amides is 1. The number of likely N-dealkylation sites (tertiary alicyclic amines) is 1. The lowest BCUT2D eigenvalue weighted by molar-refractivity contribution is -0.165. The molecule has 8 nitrogen and oxygen atoms in total. The molecule has 1 aromatic carbocycles. The summed E-state index contributed by atoms with van der Waals surface area (Å²) >= 11 is 0. The number of aromatic nitrogens is 2. The van der Waals surface area contributed by atoms with Crippen molar-refractivity contribution in [3.8, 4) is 17.6 Å². The van der Waals surface area contributed by atoms with Crippen molar-refractivity contribution in [2.75, 3.05) is 33.9 Å². The molecule has 2 aromatic rings. The molecule has 1 N–H and O–H groups in total. The van der Waals surface area contributed by atoms with Crippen LogP contribution in [0.2, 0.25) is 0 Å². The van der Waals surface area contributed by atoms with Gasteiger partial charge < -0.3 is 24.2 Å². The molecule has 1 amide bonds. The zero-order valence-corrected chi connectivity index (χ0v) is 17.9. The van der Waals surface area contributed by atoms with Gasteiger partial charge in [-0.1, -0.05) is 6.42 Å². The highest BCUT2D eigenvalue weighted by molar-refractivity contribution is 5.78. The van der Waals surface area contributed by atoms with E-state index >= 15 is 0 Å². The van der Waals surface area contributed by atoms with Gasteiger partial charge in [-0.15, -0.1) is 0 Å². The molecule has 1 aromatic heterocycles. The van der Waals surface area contributed by atoms with Crippen molar-refractivity contribution in [1.82, 2.24) is 14.9 Å². The Bertz CT molecular complexity index is 992. The quantitative estimate of drug-likeness (QED) is 0.723. The highest BCUT2D eigenvalue weighted by Crippen LogP contribution is 2.51. The van der Waals surface area contributed by atoms with Gasteiger partial charge in [0.25, 0.3) is 5.91 Å². The maximum Gasteiger partial charge on any atom is 0.319 e. The standard InChI is InChI=1S/C22H25F2N3O5/c1-30-20-16(9-25-21(26-20)31-2)22(29)13-4-3-5-14(22)11-27(10-13)19(28)12-32-18-7-6-15(23)8-17(18)24/h6-9,13-14,29H,3-5,10-12H2,1-2H3/t13-,14+,22?. The number of aliphatic hydroxyl groups is 1. The van der Waals surface area contributed by atoms with Crippen LogP contribution in [0.1, 0.15) is 24.8 Å². The van der Waals surface area contributed by atoms with Gasteiger partial charge in [0.2, 0.25) is 5.88 Å². The van der Waals surface area contributed by atoms with Gasteiger partial charge in [0.15, 0.2) is 18.2 Å². The van der Waals surface area contributed by atoms with Gasteiger partial charge in [-0.2, -0.15) is 4.98 Å². The Labute approximate surface area is 184 Å². The van der Waals surface area contributed by atoms with Crippen LogP contribution >= 0.6 is 0 Å². The Morgan fingerprint density at radius 1 is 1.22 bits per heavy atom. The Morgan fingerprint density at radius 3 is 2.56 bits per heavy atom. The molecule has 0 spiro atoms. The van der Waals surface area contributed by atoms with E-state index in [9.17, 15) is 18.7 Å². The molecule has 1 aliphatic carbocycles. The Kier molecular flexibility index (Phi) is 6.14. The second-order valence-corrected chi connectivity index (χ2v) is 8.09. The molecule has 1 aliphatic heterocycles. The SMILES string of the molecule is COc1ncc(C2(O)[C@@H]3CCC[C@H]2CN(C(=O)COc2ccc(F)cc2F)C3)c(OC)n1. The third kappa shape index (κ3) is 3.94. The molecule has 1 unspecified atom stereocenters. The number of piperidine rings is 1. The normalized spacial score (nSPS) is 24.7. The maximum absolute atomic E-state index is 13.8. The molecule has 172 valence electrons. The molecule has 3 atom stereocenters. The Balaban J connectivity index is 1.51. The lowest BCUT2D eigenvalue weighted by Gasteiger charge is -2.53. The van der Waals surface area contributed by atoms with Crippen LogP contribution in [0.3, 0.4) is 0 Å². The van der Waals surface area contributed by atoms with Crippen LogP contribution < -0.4 is 14.2 Å². The molecule has 2 fully saturated rings. The molecule has 1 saturated carbocycles. The highest BCUT2D eigenvalue weighted by atomic mass is 19.1. The van der Waals surface area contributed by atoms with Crippen molar-refractivity contribution >= 4 is 5.91 Å². The number of hydrogen-bond donors (Lipinski definition) is 1. The summed E-state index contributed by atoms with van der Waals surface area (Å²) < 4.78 is 42.6. The predicted molar refractivity (Wildman–Crippen MR) is 108 cm³/mol. The third-order valence-electron chi connectivity index (χ3n) is 6.37. The average molecular weight is 449 g/mol. The lowest BCUT2D eigenvalue weighted by Crippen LogP contribution is -2.60. The van der Waals surface area contributed by atoms with Gasteiger partial charge in [-0.3, -0.25) is 4.79 Å². The summed E-state index contributed by atoms with van der Waals surface area (Å²) in [6.07, 6.45) is 3.86. The van der Waals surface area contributed by atoms with E-state index in [1.807, 2.05) is 0 Å². The highest BCUT2D eigenvalue weighted by Gasteiger charge is 2.54. The molecular formula is C22H25F2N3O5. The number of ether oxygens (including phenoxy) is 3. The van der Waals surface area contributed by atoms with Gasteiger partial charge >= 0.3 is 6.01 Å². The third-order valence-corrected chi connectivity index (χ3v) is 6.37. The van der Waals surface area contributed by atoms with E-state index in [4.69, 9.17) is 14.2 Å². The molecular weight excluding hydrogens is 424 g/mol. The number of carbonyl (C=O) groups is 1. The minimum absolute atomic E-state index is 0.136. The van der Waals surface area contributed by atoms with Crippen LogP contribution in [-0.4, -0.2) is 59.8 Å². The van der Waals surface area contributed by atoms with Gasteiger partial charge in [-0.25, -0.2) is 13.8 Å². The van der Waals surface area contributed by atoms with Crippen molar-refractivity contribution in [3.63, 3.8) is 0 Å². The number of benzene rings is 1. The fraction of sp³-hybridized carbons (Fsp3) is 0.500. The predicted octanol–water partition coefficient (Wildman–Crippen LogP) is 2.30. The first-order chi connectivity index (χ1) is 15.4. The molecule has 10 heteroatoms. The number of halogens is 2. The summed E-state index contributed by atoms with van der Waals surface area (Å²) in [6.45, 7) is 0.224. The van der Waals surface area contributed by atoms with E-state index in [-0.39, 0.29) is 42.0 Å². The van der Waals surface area contributed by atoms with E-state index in [1.54, 1.807) is 4.90 Å². The first kappa shape index (κ1) is 22.2. The fourth-order valence-electron chi connectivity index (χ4n) is 4.80. The molecule has 2 bridgehead atoms. The second-order valence-electron chi connectivity index (χ2n) is 8.09. The number of hydrogen-bond acceptors (Lipinski definition) is 7. The molecule has 2 heterocycles. The molecule has 32 heavy (non-hydrogen) atoms. The first-order valence-corrected chi connectivity index (χ1v) is 10.4. The minimum Gasteiger partial charge on any atom is -0.481 e. The van der Waals surface area contributed by atoms with Crippen molar-refractivity contribution in [1.29, 1.82) is 0 Å². The zero-order valence-electron chi connectivity index (χ0n) is 17.9. The van der Waals surface area contributed by atoms with Crippen LogP contribution in [0.25, 0.3) is 0 Å². The molecule has 1 saturated heterocycles. The summed E-state index contributed by atoms with van der Waals surface area (Å²) in [5.74, 6) is -2.37. The number of carbonyl (C=O) groups excluding carboxylic acids is 1. The molecule has 2 aliphatic rings. The average Bonchev–Trinajstić information content (AvgIpc) is 2.77. The largest absolute Gasteiger partial charge is 0.481 e. The fourth-order valence-corrected chi connectivity index (χ4v) is 4.80. The lowest BCUT2D eigenvalue weighted by atomic mass is 9.63. The smallest absolute Gasteiger partial charge is 0.319 e. The van der Waals surface area contributed by atoms with Crippen LogP contribution in [0.15, 0.2) is 24.4 Å². The number of fused-ring (bicyclic) bond motifs is 2. The van der Waals surface area contributed by atoms with E-state index in [2.05, 4.69) is 9.97 Å². The van der Waals surface area contributed by atoms with Crippen LogP contribution in [0, 0.1) is 23.5 Å². The summed E-state index contributed by atoms with van der Waals surface area (Å²) in [5, 5.41) is 11.8. The van der Waals surface area contributed by atoms with Crippen molar-refractivity contribution in [2.45, 2.75) is 24.9 Å². The van der Waals surface area contributed by atoms with Crippen LogP contribution in [-0.2, 0) is 10.4 Å².